The fraction of sp³-hybridized carbons (Fsp3) is 0.333. The number of anilines is 1. The van der Waals surface area contributed by atoms with Gasteiger partial charge in [0.25, 0.3) is 5.56 Å². The van der Waals surface area contributed by atoms with Crippen molar-refractivity contribution in [2.24, 2.45) is 0 Å². The number of hydrogen-bond donors (Lipinski definition) is 1. The Morgan fingerprint density at radius 3 is 2.83 bits per heavy atom. The fourth-order valence-electron chi connectivity index (χ4n) is 1.98. The molecule has 0 atom stereocenters. The van der Waals surface area contributed by atoms with Crippen molar-refractivity contribution >= 4 is 29.1 Å². The molecule has 2 rings (SSSR count). The first-order valence-corrected chi connectivity index (χ1v) is 8.78. The van der Waals surface area contributed by atoms with Crippen LogP contribution in [0.4, 0.5) is 14.5 Å². The highest BCUT2D eigenvalue weighted by Crippen LogP contribution is 2.18. The minimum atomic E-state index is -0.881. The molecule has 0 saturated carbocycles. The minimum Gasteiger partial charge on any atom is -0.382 e. The van der Waals surface area contributed by atoms with E-state index in [4.69, 9.17) is 11.6 Å². The highest BCUT2D eigenvalue weighted by molar-refractivity contribution is 7.98. The van der Waals surface area contributed by atoms with E-state index in [1.165, 1.54) is 6.20 Å². The zero-order valence-corrected chi connectivity index (χ0v) is 14.1. The number of unbranched alkanes of at least 4 members (excludes halogenated alkanes) is 1. The summed E-state index contributed by atoms with van der Waals surface area (Å²) in [4.78, 5) is 12.2. The molecular weight excluding hydrogens is 344 g/mol. The number of nitrogens with one attached hydrogen (secondary N) is 1. The normalized spacial score (nSPS) is 10.8. The number of aromatic nitrogens is 2. The second-order valence-corrected chi connectivity index (χ2v) is 6.18. The zero-order valence-electron chi connectivity index (χ0n) is 12.5. The Bertz CT molecular complexity index is 739. The van der Waals surface area contributed by atoms with Gasteiger partial charge in [0, 0.05) is 12.6 Å². The van der Waals surface area contributed by atoms with Gasteiger partial charge in [-0.2, -0.15) is 21.5 Å². The Morgan fingerprint density at radius 2 is 2.13 bits per heavy atom. The maximum Gasteiger partial charge on any atom is 0.292 e. The predicted octanol–water partition coefficient (Wildman–Crippen LogP) is 3.72. The molecule has 0 spiro atoms. The average Bonchev–Trinajstić information content (AvgIpc) is 2.52. The first-order chi connectivity index (χ1) is 11.0. The van der Waals surface area contributed by atoms with E-state index in [0.29, 0.717) is 18.3 Å². The van der Waals surface area contributed by atoms with E-state index in [-0.39, 0.29) is 10.7 Å². The van der Waals surface area contributed by atoms with Gasteiger partial charge in [0.2, 0.25) is 0 Å². The average molecular weight is 360 g/mol. The van der Waals surface area contributed by atoms with E-state index in [1.54, 1.807) is 11.8 Å². The molecule has 1 N–H and O–H groups in total. The Kier molecular flexibility index (Phi) is 6.41. The van der Waals surface area contributed by atoms with Crippen molar-refractivity contribution in [3.8, 4) is 5.69 Å². The molecular formula is C15H16ClF2N3OS. The van der Waals surface area contributed by atoms with E-state index in [2.05, 4.69) is 10.4 Å². The summed E-state index contributed by atoms with van der Waals surface area (Å²) < 4.78 is 27.5. The van der Waals surface area contributed by atoms with Crippen LogP contribution in [0.1, 0.15) is 12.8 Å². The fourth-order valence-corrected chi connectivity index (χ4v) is 2.66. The van der Waals surface area contributed by atoms with Gasteiger partial charge in [0.05, 0.1) is 11.9 Å². The summed E-state index contributed by atoms with van der Waals surface area (Å²) in [5.74, 6) is -0.540. The van der Waals surface area contributed by atoms with Gasteiger partial charge in [0.1, 0.15) is 16.5 Å². The molecule has 1 aromatic carbocycles. The van der Waals surface area contributed by atoms with Crippen molar-refractivity contribution in [3.05, 3.63) is 51.4 Å². The quantitative estimate of drug-likeness (QED) is 0.765. The van der Waals surface area contributed by atoms with Crippen LogP contribution in [-0.2, 0) is 0 Å². The van der Waals surface area contributed by atoms with Crippen molar-refractivity contribution in [2.75, 3.05) is 23.9 Å². The van der Waals surface area contributed by atoms with Crippen LogP contribution in [-0.4, -0.2) is 28.3 Å². The molecule has 124 valence electrons. The minimum absolute atomic E-state index is 0.0754. The van der Waals surface area contributed by atoms with Gasteiger partial charge in [-0.05, 0) is 37.0 Å². The molecule has 23 heavy (non-hydrogen) atoms. The molecule has 0 unspecified atom stereocenters. The summed E-state index contributed by atoms with van der Waals surface area (Å²) in [6, 6.07) is 2.89. The van der Waals surface area contributed by atoms with Crippen molar-refractivity contribution in [1.29, 1.82) is 0 Å². The number of rotatable bonds is 7. The molecule has 0 saturated heterocycles. The summed E-state index contributed by atoms with van der Waals surface area (Å²) in [6.45, 7) is 0.663. The number of benzene rings is 1. The van der Waals surface area contributed by atoms with E-state index in [0.717, 1.165) is 35.4 Å². The van der Waals surface area contributed by atoms with Gasteiger partial charge >= 0.3 is 0 Å². The topological polar surface area (TPSA) is 46.9 Å². The molecule has 0 radical (unpaired) electrons. The molecule has 0 bridgehead atoms. The Labute approximate surface area is 141 Å². The molecule has 8 heteroatoms. The summed E-state index contributed by atoms with van der Waals surface area (Å²) >= 11 is 7.81. The first-order valence-electron chi connectivity index (χ1n) is 7.00. The molecule has 1 aromatic heterocycles. The lowest BCUT2D eigenvalue weighted by atomic mass is 10.3. The Hall–Kier alpha value is -1.60. The second-order valence-electron chi connectivity index (χ2n) is 4.81. The van der Waals surface area contributed by atoms with Gasteiger partial charge in [-0.25, -0.2) is 8.78 Å². The maximum absolute atomic E-state index is 13.8. The molecule has 4 nitrogen and oxygen atoms in total. The Balaban J connectivity index is 2.19. The van der Waals surface area contributed by atoms with Gasteiger partial charge in [-0.15, -0.1) is 0 Å². The van der Waals surface area contributed by atoms with E-state index in [9.17, 15) is 13.6 Å². The molecule has 0 amide bonds. The third-order valence-electron chi connectivity index (χ3n) is 3.15. The molecule has 0 aliphatic rings. The standard InChI is InChI=1S/C15H16ClF2N3OS/c1-23-7-3-2-6-19-12-9-20-21(15(22)14(12)16)13-5-4-10(17)8-11(13)18/h4-5,8-9,19H,2-3,6-7H2,1H3. The van der Waals surface area contributed by atoms with Crippen molar-refractivity contribution in [2.45, 2.75) is 12.8 Å². The molecule has 1 heterocycles. The number of thioether (sulfide) groups is 1. The van der Waals surface area contributed by atoms with Crippen LogP contribution in [0.15, 0.2) is 29.2 Å². The van der Waals surface area contributed by atoms with Gasteiger partial charge in [-0.3, -0.25) is 4.79 Å². The van der Waals surface area contributed by atoms with E-state index >= 15 is 0 Å². The third kappa shape index (κ3) is 4.45. The van der Waals surface area contributed by atoms with E-state index in [1.807, 2.05) is 6.26 Å². The van der Waals surface area contributed by atoms with Crippen LogP contribution in [0.2, 0.25) is 5.02 Å². The second kappa shape index (κ2) is 8.31. The van der Waals surface area contributed by atoms with Crippen LogP contribution in [0.5, 0.6) is 0 Å². The van der Waals surface area contributed by atoms with Crippen LogP contribution in [0, 0.1) is 11.6 Å². The van der Waals surface area contributed by atoms with Gasteiger partial charge in [-0.1, -0.05) is 11.6 Å². The van der Waals surface area contributed by atoms with Crippen LogP contribution < -0.4 is 10.9 Å². The lowest BCUT2D eigenvalue weighted by Gasteiger charge is -2.10. The summed E-state index contributed by atoms with van der Waals surface area (Å²) in [5, 5.41) is 6.87. The van der Waals surface area contributed by atoms with Crippen LogP contribution in [0.25, 0.3) is 5.69 Å². The van der Waals surface area contributed by atoms with Crippen molar-refractivity contribution in [3.63, 3.8) is 0 Å². The number of nitrogens with zero attached hydrogens (tertiary/aromatic N) is 2. The molecule has 0 aliphatic heterocycles. The molecule has 2 aromatic rings. The largest absolute Gasteiger partial charge is 0.382 e. The van der Waals surface area contributed by atoms with Crippen molar-refractivity contribution < 1.29 is 8.78 Å². The van der Waals surface area contributed by atoms with Gasteiger partial charge in [0.15, 0.2) is 5.82 Å². The third-order valence-corrected chi connectivity index (χ3v) is 4.21. The lowest BCUT2D eigenvalue weighted by Crippen LogP contribution is -2.23. The molecule has 0 aliphatic carbocycles. The highest BCUT2D eigenvalue weighted by Gasteiger charge is 2.13. The van der Waals surface area contributed by atoms with E-state index < -0.39 is 17.2 Å². The Morgan fingerprint density at radius 1 is 1.35 bits per heavy atom. The SMILES string of the molecule is CSCCCCNc1cnn(-c2ccc(F)cc2F)c(=O)c1Cl. The number of halogens is 3. The summed E-state index contributed by atoms with van der Waals surface area (Å²) in [6.07, 6.45) is 5.40. The lowest BCUT2D eigenvalue weighted by molar-refractivity contribution is 0.570. The molecule has 0 fully saturated rings. The van der Waals surface area contributed by atoms with Gasteiger partial charge < -0.3 is 5.32 Å². The monoisotopic (exact) mass is 359 g/mol. The van der Waals surface area contributed by atoms with Crippen LogP contribution >= 0.6 is 23.4 Å². The smallest absolute Gasteiger partial charge is 0.292 e. The maximum atomic E-state index is 13.8. The summed E-state index contributed by atoms with van der Waals surface area (Å²) in [5.41, 5.74) is -0.407. The zero-order chi connectivity index (χ0) is 16.8. The summed E-state index contributed by atoms with van der Waals surface area (Å²) in [7, 11) is 0. The highest BCUT2D eigenvalue weighted by atomic mass is 35.5. The number of hydrogen-bond acceptors (Lipinski definition) is 4. The van der Waals surface area contributed by atoms with Crippen molar-refractivity contribution in [1.82, 2.24) is 9.78 Å². The van der Waals surface area contributed by atoms with Crippen LogP contribution in [0.3, 0.4) is 0 Å². The first kappa shape index (κ1) is 17.7. The predicted molar refractivity (Wildman–Crippen MR) is 90.9 cm³/mol.